The number of nitrogens with one attached hydrogen (secondary N) is 1. The van der Waals surface area contributed by atoms with Crippen molar-refractivity contribution in [3.8, 4) is 12.1 Å². The summed E-state index contributed by atoms with van der Waals surface area (Å²) in [6, 6.07) is 29.0. The average Bonchev–Trinajstić information content (AvgIpc) is 3.20. The number of carbonyl (C=O) groups is 1. The van der Waals surface area contributed by atoms with Crippen LogP contribution in [0.15, 0.2) is 90.6 Å². The zero-order chi connectivity index (χ0) is 23.2. The number of aromatic nitrogens is 1. The van der Waals surface area contributed by atoms with Gasteiger partial charge in [-0.3, -0.25) is 4.79 Å². The fraction of sp³-hybridized carbons (Fsp3) is 0.107. The molecule has 0 bridgehead atoms. The first kappa shape index (κ1) is 21.6. The summed E-state index contributed by atoms with van der Waals surface area (Å²) in [5.41, 5.74) is 4.28. The van der Waals surface area contributed by atoms with Gasteiger partial charge in [0.15, 0.2) is 0 Å². The zero-order valence-corrected chi connectivity index (χ0v) is 18.2. The molecule has 1 atom stereocenters. The van der Waals surface area contributed by atoms with E-state index in [0.29, 0.717) is 12.1 Å². The summed E-state index contributed by atoms with van der Waals surface area (Å²) in [7, 11) is 0. The number of nitriles is 2. The van der Waals surface area contributed by atoms with Crippen molar-refractivity contribution < 1.29 is 4.79 Å². The molecule has 0 fully saturated rings. The minimum Gasteiger partial charge on any atom is -0.345 e. The molecule has 4 rings (SSSR count). The van der Waals surface area contributed by atoms with Crippen LogP contribution in [0.5, 0.6) is 0 Å². The van der Waals surface area contributed by atoms with E-state index in [4.69, 9.17) is 0 Å². The van der Waals surface area contributed by atoms with Gasteiger partial charge < -0.3 is 9.88 Å². The molecule has 0 aliphatic heterocycles. The number of nitrogens with zero attached hydrogens (tertiary/aromatic N) is 3. The molecule has 0 radical (unpaired) electrons. The van der Waals surface area contributed by atoms with Gasteiger partial charge >= 0.3 is 0 Å². The molecule has 0 saturated carbocycles. The summed E-state index contributed by atoms with van der Waals surface area (Å²) in [4.78, 5) is 12.8. The fourth-order valence-electron chi connectivity index (χ4n) is 3.88. The Morgan fingerprint density at radius 1 is 1.00 bits per heavy atom. The van der Waals surface area contributed by atoms with E-state index in [1.807, 2.05) is 96.6 Å². The molecule has 3 aromatic carbocycles. The van der Waals surface area contributed by atoms with Crippen molar-refractivity contribution in [2.24, 2.45) is 0 Å². The Kier molecular flexibility index (Phi) is 6.34. The molecular weight excluding hydrogens is 408 g/mol. The van der Waals surface area contributed by atoms with Crippen molar-refractivity contribution in [2.75, 3.05) is 0 Å². The Morgan fingerprint density at radius 3 is 2.45 bits per heavy atom. The third-order valence-corrected chi connectivity index (χ3v) is 5.61. The molecule has 33 heavy (non-hydrogen) atoms. The summed E-state index contributed by atoms with van der Waals surface area (Å²) in [5, 5.41) is 23.0. The summed E-state index contributed by atoms with van der Waals surface area (Å²) in [6.45, 7) is 2.40. The molecule has 4 aromatic rings. The van der Waals surface area contributed by atoms with Crippen molar-refractivity contribution in [3.05, 3.63) is 113 Å². The first-order chi connectivity index (χ1) is 16.1. The van der Waals surface area contributed by atoms with Crippen molar-refractivity contribution in [1.29, 1.82) is 10.5 Å². The third-order valence-electron chi connectivity index (χ3n) is 5.61. The lowest BCUT2D eigenvalue weighted by Gasteiger charge is -2.13. The van der Waals surface area contributed by atoms with Gasteiger partial charge in [-0.05, 0) is 36.3 Å². The molecule has 5 nitrogen and oxygen atoms in total. The van der Waals surface area contributed by atoms with Crippen LogP contribution in [0.4, 0.5) is 0 Å². The quantitative estimate of drug-likeness (QED) is 0.331. The lowest BCUT2D eigenvalue weighted by molar-refractivity contribution is -0.117. The van der Waals surface area contributed by atoms with Gasteiger partial charge in [0, 0.05) is 29.2 Å². The highest BCUT2D eigenvalue weighted by molar-refractivity contribution is 6.04. The van der Waals surface area contributed by atoms with E-state index < -0.39 is 5.91 Å². The van der Waals surface area contributed by atoms with Gasteiger partial charge in [0.1, 0.15) is 11.6 Å². The Morgan fingerprint density at radius 2 is 1.70 bits per heavy atom. The van der Waals surface area contributed by atoms with Gasteiger partial charge in [-0.25, -0.2) is 0 Å². The van der Waals surface area contributed by atoms with Crippen LogP contribution in [0.2, 0.25) is 0 Å². The minimum atomic E-state index is -0.416. The first-order valence-corrected chi connectivity index (χ1v) is 10.6. The van der Waals surface area contributed by atoms with Crippen LogP contribution >= 0.6 is 0 Å². The molecule has 160 valence electrons. The van der Waals surface area contributed by atoms with Gasteiger partial charge in [0.2, 0.25) is 0 Å². The molecule has 5 heteroatoms. The monoisotopic (exact) mass is 430 g/mol. The molecule has 1 aromatic heterocycles. The predicted molar refractivity (Wildman–Crippen MR) is 129 cm³/mol. The van der Waals surface area contributed by atoms with Crippen LogP contribution in [0.3, 0.4) is 0 Å². The summed E-state index contributed by atoms with van der Waals surface area (Å²) < 4.78 is 2.04. The van der Waals surface area contributed by atoms with E-state index >= 15 is 0 Å². The Hall–Kier alpha value is -4.61. The lowest BCUT2D eigenvalue weighted by Crippen LogP contribution is -2.27. The van der Waals surface area contributed by atoms with E-state index in [1.165, 1.54) is 0 Å². The van der Waals surface area contributed by atoms with Crippen molar-refractivity contribution in [1.82, 2.24) is 9.88 Å². The van der Waals surface area contributed by atoms with Gasteiger partial charge in [-0.15, -0.1) is 0 Å². The number of hydrogen-bond acceptors (Lipinski definition) is 3. The molecule has 0 saturated heterocycles. The highest BCUT2D eigenvalue weighted by Crippen LogP contribution is 2.25. The zero-order valence-electron chi connectivity index (χ0n) is 18.2. The Balaban J connectivity index is 1.67. The second-order valence-corrected chi connectivity index (χ2v) is 7.77. The number of amides is 1. The van der Waals surface area contributed by atoms with Crippen LogP contribution < -0.4 is 5.32 Å². The summed E-state index contributed by atoms with van der Waals surface area (Å²) in [5.74, 6) is -0.416. The van der Waals surface area contributed by atoms with Crippen molar-refractivity contribution in [3.63, 3.8) is 0 Å². The van der Waals surface area contributed by atoms with Gasteiger partial charge in [0.05, 0.1) is 17.7 Å². The molecule has 1 heterocycles. The second kappa shape index (κ2) is 9.68. The van der Waals surface area contributed by atoms with Crippen LogP contribution in [-0.4, -0.2) is 10.5 Å². The van der Waals surface area contributed by atoms with Gasteiger partial charge in [-0.2, -0.15) is 10.5 Å². The average molecular weight is 431 g/mol. The largest absolute Gasteiger partial charge is 0.345 e. The number of carbonyl (C=O) groups excluding carboxylic acids is 1. The molecule has 0 spiro atoms. The number of rotatable bonds is 6. The van der Waals surface area contributed by atoms with Crippen LogP contribution in [0.25, 0.3) is 17.0 Å². The van der Waals surface area contributed by atoms with Crippen LogP contribution in [-0.2, 0) is 11.3 Å². The van der Waals surface area contributed by atoms with E-state index in [-0.39, 0.29) is 11.6 Å². The van der Waals surface area contributed by atoms with Gasteiger partial charge in [-0.1, -0.05) is 66.7 Å². The maximum atomic E-state index is 12.8. The minimum absolute atomic E-state index is 0.0399. The smallest absolute Gasteiger partial charge is 0.262 e. The maximum Gasteiger partial charge on any atom is 0.262 e. The number of fused-ring (bicyclic) bond motifs is 1. The SMILES string of the molecule is C[C@@H](NC(=O)/C(C#N)=C/c1cn(Cc2ccccc2C#N)c2ccccc12)c1ccccc1. The highest BCUT2D eigenvalue weighted by Gasteiger charge is 2.16. The van der Waals surface area contributed by atoms with E-state index in [0.717, 1.165) is 27.6 Å². The van der Waals surface area contributed by atoms with Crippen molar-refractivity contribution in [2.45, 2.75) is 19.5 Å². The maximum absolute atomic E-state index is 12.8. The summed E-state index contributed by atoms with van der Waals surface area (Å²) in [6.07, 6.45) is 3.55. The van der Waals surface area contributed by atoms with Crippen LogP contribution in [0, 0.1) is 22.7 Å². The van der Waals surface area contributed by atoms with E-state index in [1.54, 1.807) is 12.1 Å². The molecule has 1 amide bonds. The third kappa shape index (κ3) is 4.69. The number of hydrogen-bond donors (Lipinski definition) is 1. The fourth-order valence-corrected chi connectivity index (χ4v) is 3.88. The normalized spacial score (nSPS) is 12.0. The molecule has 0 aliphatic carbocycles. The second-order valence-electron chi connectivity index (χ2n) is 7.77. The van der Waals surface area contributed by atoms with Gasteiger partial charge in [0.25, 0.3) is 5.91 Å². The Labute approximate surface area is 192 Å². The molecule has 0 aliphatic rings. The summed E-state index contributed by atoms with van der Waals surface area (Å²) >= 11 is 0. The number of benzene rings is 3. The van der Waals surface area contributed by atoms with E-state index in [9.17, 15) is 15.3 Å². The van der Waals surface area contributed by atoms with Crippen molar-refractivity contribution >= 4 is 22.9 Å². The molecular formula is C28H22N4O. The predicted octanol–water partition coefficient (Wildman–Crippen LogP) is 5.35. The first-order valence-electron chi connectivity index (χ1n) is 10.6. The number of para-hydroxylation sites is 1. The highest BCUT2D eigenvalue weighted by atomic mass is 16.1. The van der Waals surface area contributed by atoms with Crippen LogP contribution in [0.1, 0.15) is 35.2 Å². The standard InChI is InChI=1S/C28H22N4O/c1-20(21-9-3-2-4-10-21)31-28(33)24(17-30)15-25-19-32(27-14-8-7-13-26(25)27)18-23-12-6-5-11-22(23)16-29/h2-15,19-20H,18H2,1H3,(H,31,33)/b24-15+/t20-/m1/s1. The lowest BCUT2D eigenvalue weighted by atomic mass is 10.1. The Bertz CT molecular complexity index is 1420. The molecule has 1 N–H and O–H groups in total. The topological polar surface area (TPSA) is 81.6 Å². The molecule has 0 unspecified atom stereocenters. The van der Waals surface area contributed by atoms with E-state index in [2.05, 4.69) is 11.4 Å².